The van der Waals surface area contributed by atoms with Gasteiger partial charge in [0.15, 0.2) is 0 Å². The van der Waals surface area contributed by atoms with E-state index in [2.05, 4.69) is 72.8 Å². The number of carbonyl (C=O) groups is 1. The molecule has 0 saturated carbocycles. The highest BCUT2D eigenvalue weighted by atomic mass is 16.1. The fraction of sp³-hybridized carbons (Fsp3) is 0. The summed E-state index contributed by atoms with van der Waals surface area (Å²) in [5.74, 6) is 0. The van der Waals surface area contributed by atoms with Crippen molar-refractivity contribution in [2.24, 2.45) is 0 Å². The lowest BCUT2D eigenvalue weighted by Crippen LogP contribution is -1.86. The minimum atomic E-state index is 0.710. The molecular formula is C27H16O. The van der Waals surface area contributed by atoms with E-state index in [-0.39, 0.29) is 0 Å². The maximum Gasteiger partial charge on any atom is 0.150 e. The van der Waals surface area contributed by atoms with E-state index < -0.39 is 0 Å². The van der Waals surface area contributed by atoms with E-state index in [0.717, 1.165) is 17.1 Å². The Labute approximate surface area is 161 Å². The number of hydrogen-bond donors (Lipinski definition) is 0. The first-order valence-corrected chi connectivity index (χ1v) is 9.48. The maximum atomic E-state index is 11.4. The Bertz CT molecular complexity index is 1560. The molecule has 6 aromatic rings. The van der Waals surface area contributed by atoms with Crippen LogP contribution in [-0.2, 0) is 0 Å². The second-order valence-electron chi connectivity index (χ2n) is 7.38. The van der Waals surface area contributed by atoms with Crippen LogP contribution in [0.1, 0.15) is 10.4 Å². The smallest absolute Gasteiger partial charge is 0.150 e. The number of fused-ring (bicyclic) bond motifs is 9. The van der Waals surface area contributed by atoms with E-state index in [1.54, 1.807) is 0 Å². The van der Waals surface area contributed by atoms with Crippen LogP contribution in [0.5, 0.6) is 0 Å². The van der Waals surface area contributed by atoms with Gasteiger partial charge in [0.2, 0.25) is 0 Å². The molecule has 0 saturated heterocycles. The van der Waals surface area contributed by atoms with E-state index in [9.17, 15) is 4.79 Å². The van der Waals surface area contributed by atoms with Crippen LogP contribution in [0, 0.1) is 0 Å². The average Bonchev–Trinajstić information content (AvgIpc) is 2.77. The molecule has 0 bridgehead atoms. The van der Waals surface area contributed by atoms with Crippen molar-refractivity contribution in [3.05, 3.63) is 96.6 Å². The highest BCUT2D eigenvalue weighted by Gasteiger charge is 2.11. The number of carbonyl (C=O) groups excluding carboxylic acids is 1. The van der Waals surface area contributed by atoms with Gasteiger partial charge in [0.1, 0.15) is 6.29 Å². The predicted molar refractivity (Wildman–Crippen MR) is 119 cm³/mol. The topological polar surface area (TPSA) is 17.1 Å². The molecule has 0 aromatic heterocycles. The molecule has 28 heavy (non-hydrogen) atoms. The van der Waals surface area contributed by atoms with Gasteiger partial charge in [-0.05, 0) is 59.9 Å². The Hall–Kier alpha value is -3.71. The molecule has 1 heteroatoms. The number of benzene rings is 6. The lowest BCUT2D eigenvalue weighted by molar-refractivity contribution is 0.112. The fourth-order valence-electron chi connectivity index (χ4n) is 4.55. The van der Waals surface area contributed by atoms with Crippen LogP contribution in [0.3, 0.4) is 0 Å². The van der Waals surface area contributed by atoms with Crippen LogP contribution >= 0.6 is 0 Å². The average molecular weight is 356 g/mol. The molecule has 0 radical (unpaired) electrons. The van der Waals surface area contributed by atoms with E-state index in [1.807, 2.05) is 18.2 Å². The normalized spacial score (nSPS) is 11.7. The van der Waals surface area contributed by atoms with Crippen molar-refractivity contribution in [3.8, 4) is 0 Å². The van der Waals surface area contributed by atoms with Crippen molar-refractivity contribution in [3.63, 3.8) is 0 Å². The molecule has 6 rings (SSSR count). The van der Waals surface area contributed by atoms with Crippen molar-refractivity contribution in [1.82, 2.24) is 0 Å². The summed E-state index contributed by atoms with van der Waals surface area (Å²) in [7, 11) is 0. The summed E-state index contributed by atoms with van der Waals surface area (Å²) >= 11 is 0. The monoisotopic (exact) mass is 356 g/mol. The van der Waals surface area contributed by atoms with Crippen molar-refractivity contribution >= 4 is 60.1 Å². The van der Waals surface area contributed by atoms with Crippen LogP contribution in [0.15, 0.2) is 91.0 Å². The molecule has 0 unspecified atom stereocenters. The first-order chi connectivity index (χ1) is 13.8. The summed E-state index contributed by atoms with van der Waals surface area (Å²) in [6, 6.07) is 32.0. The lowest BCUT2D eigenvalue weighted by atomic mass is 9.90. The third-order valence-corrected chi connectivity index (χ3v) is 5.85. The number of hydrogen-bond acceptors (Lipinski definition) is 1. The summed E-state index contributed by atoms with van der Waals surface area (Å²) < 4.78 is 0. The van der Waals surface area contributed by atoms with Crippen LogP contribution < -0.4 is 0 Å². The molecule has 0 aliphatic carbocycles. The summed E-state index contributed by atoms with van der Waals surface area (Å²) in [5.41, 5.74) is 0.710. The highest BCUT2D eigenvalue weighted by Crippen LogP contribution is 2.39. The Morgan fingerprint density at radius 2 is 0.964 bits per heavy atom. The van der Waals surface area contributed by atoms with Gasteiger partial charge in [-0.3, -0.25) is 4.79 Å². The molecule has 0 heterocycles. The van der Waals surface area contributed by atoms with Gasteiger partial charge >= 0.3 is 0 Å². The minimum absolute atomic E-state index is 0.710. The summed E-state index contributed by atoms with van der Waals surface area (Å²) in [4.78, 5) is 11.4. The van der Waals surface area contributed by atoms with Gasteiger partial charge in [-0.2, -0.15) is 0 Å². The van der Waals surface area contributed by atoms with Gasteiger partial charge in [-0.15, -0.1) is 0 Å². The molecule has 0 aliphatic heterocycles. The molecule has 1 nitrogen and oxygen atoms in total. The molecule has 0 atom stereocenters. The highest BCUT2D eigenvalue weighted by molar-refractivity contribution is 6.32. The second kappa shape index (κ2) is 5.64. The van der Waals surface area contributed by atoms with E-state index in [0.29, 0.717) is 5.56 Å². The van der Waals surface area contributed by atoms with Crippen molar-refractivity contribution < 1.29 is 4.79 Å². The minimum Gasteiger partial charge on any atom is -0.298 e. The summed E-state index contributed by atoms with van der Waals surface area (Å²) in [6.45, 7) is 0. The zero-order valence-electron chi connectivity index (χ0n) is 15.1. The fourth-order valence-corrected chi connectivity index (χ4v) is 4.55. The third kappa shape index (κ3) is 2.04. The summed E-state index contributed by atoms with van der Waals surface area (Å²) in [6.07, 6.45) is 0.927. The zero-order valence-corrected chi connectivity index (χ0v) is 15.1. The molecule has 6 aromatic carbocycles. The third-order valence-electron chi connectivity index (χ3n) is 5.85. The van der Waals surface area contributed by atoms with Crippen LogP contribution in [0.25, 0.3) is 53.9 Å². The van der Waals surface area contributed by atoms with Crippen LogP contribution in [0.2, 0.25) is 0 Å². The van der Waals surface area contributed by atoms with E-state index >= 15 is 0 Å². The molecule has 0 spiro atoms. The molecule has 0 amide bonds. The molecule has 0 N–H and O–H groups in total. The Kier molecular flexibility index (Phi) is 3.09. The zero-order chi connectivity index (χ0) is 18.7. The van der Waals surface area contributed by atoms with Crippen LogP contribution in [0.4, 0.5) is 0 Å². The SMILES string of the molecule is O=Cc1ccc2ccc3ccc4ccc5ccc6ccccc6c5c4c3c2c1. The molecule has 0 fully saturated rings. The Morgan fingerprint density at radius 1 is 0.464 bits per heavy atom. The lowest BCUT2D eigenvalue weighted by Gasteiger charge is -2.13. The Morgan fingerprint density at radius 3 is 1.64 bits per heavy atom. The van der Waals surface area contributed by atoms with Gasteiger partial charge in [-0.1, -0.05) is 84.9 Å². The Balaban J connectivity index is 2.00. The molecule has 130 valence electrons. The van der Waals surface area contributed by atoms with E-state index in [1.165, 1.54) is 43.1 Å². The van der Waals surface area contributed by atoms with Crippen molar-refractivity contribution in [1.29, 1.82) is 0 Å². The number of aldehydes is 1. The second-order valence-corrected chi connectivity index (χ2v) is 7.38. The van der Waals surface area contributed by atoms with Crippen molar-refractivity contribution in [2.75, 3.05) is 0 Å². The van der Waals surface area contributed by atoms with Gasteiger partial charge in [0, 0.05) is 5.56 Å². The van der Waals surface area contributed by atoms with Crippen molar-refractivity contribution in [2.45, 2.75) is 0 Å². The molecule has 0 aliphatic rings. The maximum absolute atomic E-state index is 11.4. The van der Waals surface area contributed by atoms with Gasteiger partial charge in [0.05, 0.1) is 0 Å². The summed E-state index contributed by atoms with van der Waals surface area (Å²) in [5, 5.41) is 12.2. The number of rotatable bonds is 1. The molecular weight excluding hydrogens is 340 g/mol. The first-order valence-electron chi connectivity index (χ1n) is 9.48. The standard InChI is InChI=1S/C27H16O/c28-16-17-5-6-19-8-10-21-12-14-22-13-11-20-9-7-18-3-1-2-4-23(18)25(20)27(22)26(21)24(19)15-17/h1-16H. The predicted octanol–water partition coefficient (Wildman–Crippen LogP) is 7.27. The van der Waals surface area contributed by atoms with E-state index in [4.69, 9.17) is 0 Å². The first kappa shape index (κ1) is 15.4. The largest absolute Gasteiger partial charge is 0.298 e. The van der Waals surface area contributed by atoms with Gasteiger partial charge in [-0.25, -0.2) is 0 Å². The quantitative estimate of drug-likeness (QED) is 0.224. The van der Waals surface area contributed by atoms with Gasteiger partial charge < -0.3 is 0 Å². The van der Waals surface area contributed by atoms with Gasteiger partial charge in [0.25, 0.3) is 0 Å². The van der Waals surface area contributed by atoms with Crippen LogP contribution in [-0.4, -0.2) is 6.29 Å².